The molecule has 0 aromatic carbocycles. The van der Waals surface area contributed by atoms with Crippen molar-refractivity contribution in [2.45, 2.75) is 51.7 Å². The van der Waals surface area contributed by atoms with Crippen LogP contribution in [0.15, 0.2) is 0 Å². The van der Waals surface area contributed by atoms with Gasteiger partial charge < -0.3 is 15.4 Å². The molecule has 3 unspecified atom stereocenters. The van der Waals surface area contributed by atoms with Crippen molar-refractivity contribution in [3.05, 3.63) is 0 Å². The Morgan fingerprint density at radius 3 is 2.52 bits per heavy atom. The summed E-state index contributed by atoms with van der Waals surface area (Å²) in [6.07, 6.45) is 5.03. The number of carbonyl (C=O) groups is 1. The number of carbonyl (C=O) groups excluding carboxylic acids is 1. The molecule has 0 aliphatic carbocycles. The maximum atomic E-state index is 12.0. The van der Waals surface area contributed by atoms with Crippen LogP contribution in [-0.4, -0.2) is 62.3 Å². The number of unbranched alkanes of at least 4 members (excludes halogenated alkanes) is 1. The van der Waals surface area contributed by atoms with Crippen LogP contribution >= 0.6 is 24.8 Å². The number of hydrogen-bond acceptors (Lipinski definition) is 4. The summed E-state index contributed by atoms with van der Waals surface area (Å²) in [5.41, 5.74) is 0. The van der Waals surface area contributed by atoms with Crippen molar-refractivity contribution >= 4 is 30.7 Å². The van der Waals surface area contributed by atoms with Crippen LogP contribution in [0, 0.1) is 5.92 Å². The fourth-order valence-corrected chi connectivity index (χ4v) is 3.36. The van der Waals surface area contributed by atoms with Crippen LogP contribution in [0.4, 0.5) is 0 Å². The number of nitrogens with zero attached hydrogens (tertiary/aromatic N) is 1. The molecule has 2 fully saturated rings. The molecule has 2 N–H and O–H groups in total. The number of hydrogen-bond donors (Lipinski definition) is 2. The number of rotatable bonds is 6. The van der Waals surface area contributed by atoms with Gasteiger partial charge in [-0.15, -0.1) is 24.8 Å². The molecule has 2 saturated heterocycles. The monoisotopic (exact) mass is 369 g/mol. The van der Waals surface area contributed by atoms with Gasteiger partial charge in [0.05, 0.1) is 18.1 Å². The average molecular weight is 370 g/mol. The van der Waals surface area contributed by atoms with Gasteiger partial charge in [0.2, 0.25) is 5.91 Å². The van der Waals surface area contributed by atoms with E-state index >= 15 is 0 Å². The second-order valence-corrected chi connectivity index (χ2v) is 6.56. The minimum Gasteiger partial charge on any atom is -0.373 e. The summed E-state index contributed by atoms with van der Waals surface area (Å²) in [5.74, 6) is 0.413. The van der Waals surface area contributed by atoms with Gasteiger partial charge in [-0.1, -0.05) is 0 Å². The number of morpholine rings is 1. The van der Waals surface area contributed by atoms with Gasteiger partial charge in [0.15, 0.2) is 0 Å². The Hall–Kier alpha value is -0.0700. The molecule has 2 aliphatic heterocycles. The summed E-state index contributed by atoms with van der Waals surface area (Å²) in [6, 6.07) is 0. The van der Waals surface area contributed by atoms with Crippen molar-refractivity contribution in [1.29, 1.82) is 0 Å². The second kappa shape index (κ2) is 12.3. The number of ether oxygens (including phenoxy) is 1. The van der Waals surface area contributed by atoms with Gasteiger partial charge in [0.1, 0.15) is 0 Å². The van der Waals surface area contributed by atoms with Crippen molar-refractivity contribution in [3.8, 4) is 0 Å². The van der Waals surface area contributed by atoms with Crippen molar-refractivity contribution in [2.24, 2.45) is 5.92 Å². The van der Waals surface area contributed by atoms with E-state index in [1.165, 1.54) is 0 Å². The number of halogens is 2. The van der Waals surface area contributed by atoms with Crippen molar-refractivity contribution in [3.63, 3.8) is 0 Å². The highest BCUT2D eigenvalue weighted by atomic mass is 35.5. The fourth-order valence-electron chi connectivity index (χ4n) is 3.36. The van der Waals surface area contributed by atoms with Gasteiger partial charge in [0, 0.05) is 26.2 Å². The fraction of sp³-hybridized carbons (Fsp3) is 0.938. The third kappa shape index (κ3) is 8.54. The van der Waals surface area contributed by atoms with Gasteiger partial charge in [-0.25, -0.2) is 0 Å². The lowest BCUT2D eigenvalue weighted by molar-refractivity contribution is -0.125. The molecule has 2 aliphatic rings. The van der Waals surface area contributed by atoms with E-state index in [9.17, 15) is 4.79 Å². The molecule has 1 amide bonds. The Morgan fingerprint density at radius 1 is 1.22 bits per heavy atom. The van der Waals surface area contributed by atoms with Gasteiger partial charge in [0.25, 0.3) is 0 Å². The Balaban J connectivity index is 0.00000242. The Kier molecular flexibility index (Phi) is 12.3. The Morgan fingerprint density at radius 2 is 1.91 bits per heavy atom. The van der Waals surface area contributed by atoms with E-state index in [-0.39, 0.29) is 36.6 Å². The Labute approximate surface area is 153 Å². The standard InChI is InChI=1S/C16H31N3O2.2ClH/c1-13-11-19(12-14(2)21-13)9-4-3-8-18-16(20)15-6-5-7-17-10-15;;/h13-15,17H,3-12H2,1-2H3,(H,18,20);2*1H. The topological polar surface area (TPSA) is 53.6 Å². The molecule has 0 saturated carbocycles. The van der Waals surface area contributed by atoms with Gasteiger partial charge >= 0.3 is 0 Å². The molecule has 0 radical (unpaired) electrons. The minimum absolute atomic E-state index is 0. The van der Waals surface area contributed by atoms with Crippen molar-refractivity contribution in [2.75, 3.05) is 39.3 Å². The zero-order chi connectivity index (χ0) is 15.1. The maximum Gasteiger partial charge on any atom is 0.224 e. The van der Waals surface area contributed by atoms with E-state index in [0.29, 0.717) is 12.2 Å². The molecular weight excluding hydrogens is 337 g/mol. The summed E-state index contributed by atoms with van der Waals surface area (Å²) in [5, 5.41) is 6.37. The lowest BCUT2D eigenvalue weighted by Crippen LogP contribution is -2.45. The van der Waals surface area contributed by atoms with E-state index in [1.807, 2.05) is 0 Å². The molecule has 7 heteroatoms. The van der Waals surface area contributed by atoms with E-state index in [1.54, 1.807) is 0 Å². The lowest BCUT2D eigenvalue weighted by Gasteiger charge is -2.35. The molecule has 0 bridgehead atoms. The predicted molar refractivity (Wildman–Crippen MR) is 98.8 cm³/mol. The predicted octanol–water partition coefficient (Wildman–Crippen LogP) is 1.84. The van der Waals surface area contributed by atoms with E-state index in [4.69, 9.17) is 4.74 Å². The van der Waals surface area contributed by atoms with E-state index in [0.717, 1.165) is 65.0 Å². The maximum absolute atomic E-state index is 12.0. The molecule has 2 heterocycles. The van der Waals surface area contributed by atoms with Crippen molar-refractivity contribution < 1.29 is 9.53 Å². The first kappa shape index (κ1) is 22.9. The summed E-state index contributed by atoms with van der Waals surface area (Å²) < 4.78 is 5.74. The zero-order valence-corrected chi connectivity index (χ0v) is 16.0. The highest BCUT2D eigenvalue weighted by Gasteiger charge is 2.22. The van der Waals surface area contributed by atoms with Gasteiger partial charge in [-0.3, -0.25) is 9.69 Å². The third-order valence-electron chi connectivity index (χ3n) is 4.36. The summed E-state index contributed by atoms with van der Waals surface area (Å²) in [7, 11) is 0. The second-order valence-electron chi connectivity index (χ2n) is 6.56. The highest BCUT2D eigenvalue weighted by Crippen LogP contribution is 2.11. The van der Waals surface area contributed by atoms with Crippen LogP contribution < -0.4 is 10.6 Å². The number of nitrogens with one attached hydrogen (secondary N) is 2. The van der Waals surface area contributed by atoms with Crippen LogP contribution in [0.3, 0.4) is 0 Å². The van der Waals surface area contributed by atoms with Crippen LogP contribution in [0.25, 0.3) is 0 Å². The molecular formula is C16H33Cl2N3O2. The van der Waals surface area contributed by atoms with Crippen LogP contribution in [0.1, 0.15) is 39.5 Å². The summed E-state index contributed by atoms with van der Waals surface area (Å²) >= 11 is 0. The minimum atomic E-state index is 0. The smallest absolute Gasteiger partial charge is 0.224 e. The average Bonchev–Trinajstić information content (AvgIpc) is 2.46. The molecule has 138 valence electrons. The molecule has 23 heavy (non-hydrogen) atoms. The SMILES string of the molecule is CC1CN(CCCCNC(=O)C2CCCNC2)CC(C)O1.Cl.Cl. The highest BCUT2D eigenvalue weighted by molar-refractivity contribution is 5.85. The first-order valence-electron chi connectivity index (χ1n) is 8.51. The lowest BCUT2D eigenvalue weighted by atomic mass is 9.99. The Bertz CT molecular complexity index is 318. The van der Waals surface area contributed by atoms with E-state index < -0.39 is 0 Å². The first-order chi connectivity index (χ1) is 10.1. The quantitative estimate of drug-likeness (QED) is 0.701. The van der Waals surface area contributed by atoms with Crippen molar-refractivity contribution in [1.82, 2.24) is 15.5 Å². The normalized spacial score (nSPS) is 28.3. The molecule has 3 atom stereocenters. The molecule has 0 spiro atoms. The molecule has 0 aromatic heterocycles. The molecule has 5 nitrogen and oxygen atoms in total. The molecule has 2 rings (SSSR count). The summed E-state index contributed by atoms with van der Waals surface area (Å²) in [4.78, 5) is 14.4. The van der Waals surface area contributed by atoms with Crippen LogP contribution in [-0.2, 0) is 9.53 Å². The van der Waals surface area contributed by atoms with Gasteiger partial charge in [-0.05, 0) is 52.6 Å². The van der Waals surface area contributed by atoms with Gasteiger partial charge in [-0.2, -0.15) is 0 Å². The van der Waals surface area contributed by atoms with E-state index in [2.05, 4.69) is 29.4 Å². The van der Waals surface area contributed by atoms with Crippen LogP contribution in [0.5, 0.6) is 0 Å². The molecule has 0 aromatic rings. The largest absolute Gasteiger partial charge is 0.373 e. The third-order valence-corrected chi connectivity index (χ3v) is 4.36. The zero-order valence-electron chi connectivity index (χ0n) is 14.4. The first-order valence-corrected chi connectivity index (χ1v) is 8.51. The summed E-state index contributed by atoms with van der Waals surface area (Å²) in [6.45, 7) is 10.2. The number of piperidine rings is 1. The number of amides is 1. The van der Waals surface area contributed by atoms with Crippen LogP contribution in [0.2, 0.25) is 0 Å².